The number of aryl methyl sites for hydroxylation is 1. The number of anilines is 1. The average molecular weight is 271 g/mol. The van der Waals surface area contributed by atoms with Crippen molar-refractivity contribution in [1.29, 1.82) is 0 Å². The minimum Gasteiger partial charge on any atom is -0.383 e. The van der Waals surface area contributed by atoms with Gasteiger partial charge < -0.3 is 10.8 Å². The first-order chi connectivity index (χ1) is 9.15. The minimum atomic E-state index is -0.721. The fourth-order valence-corrected chi connectivity index (χ4v) is 2.84. The number of nitrogen functional groups attached to an aromatic ring is 1. The zero-order valence-corrected chi connectivity index (χ0v) is 11.2. The second kappa shape index (κ2) is 4.60. The van der Waals surface area contributed by atoms with Crippen molar-refractivity contribution in [3.8, 4) is 0 Å². The number of aromatic nitrogens is 2. The zero-order chi connectivity index (χ0) is 13.4. The van der Waals surface area contributed by atoms with E-state index in [1.54, 1.807) is 6.20 Å². The van der Waals surface area contributed by atoms with Crippen molar-refractivity contribution in [1.82, 2.24) is 9.97 Å². The van der Waals surface area contributed by atoms with E-state index >= 15 is 0 Å². The Morgan fingerprint density at radius 2 is 2.11 bits per heavy atom. The van der Waals surface area contributed by atoms with Gasteiger partial charge in [-0.25, -0.2) is 4.98 Å². The first kappa shape index (κ1) is 12.1. The number of hydrogen-bond acceptors (Lipinski definition) is 5. The zero-order valence-electron chi connectivity index (χ0n) is 10.4. The van der Waals surface area contributed by atoms with Crippen LogP contribution in [0.3, 0.4) is 0 Å². The van der Waals surface area contributed by atoms with Gasteiger partial charge in [-0.1, -0.05) is 29.5 Å². The molecule has 3 N–H and O–H groups in total. The van der Waals surface area contributed by atoms with Crippen LogP contribution < -0.4 is 5.73 Å². The second-order valence-electron chi connectivity index (χ2n) is 4.37. The molecular formula is C14H13N3OS. The number of rotatable bonds is 2. The number of thiazole rings is 1. The van der Waals surface area contributed by atoms with E-state index in [1.165, 1.54) is 11.3 Å². The van der Waals surface area contributed by atoms with Crippen LogP contribution in [0.15, 0.2) is 36.5 Å². The summed E-state index contributed by atoms with van der Waals surface area (Å²) >= 11 is 1.30. The normalized spacial score (nSPS) is 12.7. The van der Waals surface area contributed by atoms with Gasteiger partial charge in [0, 0.05) is 17.3 Å². The molecule has 2 heterocycles. The van der Waals surface area contributed by atoms with Crippen molar-refractivity contribution in [3.63, 3.8) is 0 Å². The summed E-state index contributed by atoms with van der Waals surface area (Å²) in [5.41, 5.74) is 8.22. The summed E-state index contributed by atoms with van der Waals surface area (Å²) in [4.78, 5) is 9.20. The molecule has 19 heavy (non-hydrogen) atoms. The molecule has 0 spiro atoms. The van der Waals surface area contributed by atoms with E-state index in [0.717, 1.165) is 27.0 Å². The van der Waals surface area contributed by atoms with Gasteiger partial charge in [-0.15, -0.1) is 0 Å². The average Bonchev–Trinajstić information content (AvgIpc) is 2.83. The summed E-state index contributed by atoms with van der Waals surface area (Å²) in [7, 11) is 0. The van der Waals surface area contributed by atoms with Crippen LogP contribution in [0, 0.1) is 6.92 Å². The van der Waals surface area contributed by atoms with Gasteiger partial charge in [0.1, 0.15) is 6.10 Å². The number of aliphatic hydroxyl groups is 1. The summed E-state index contributed by atoms with van der Waals surface area (Å²) in [6.07, 6.45) is 0.899. The van der Waals surface area contributed by atoms with E-state index in [9.17, 15) is 5.11 Å². The number of hydrogen-bond donors (Lipinski definition) is 2. The van der Waals surface area contributed by atoms with Crippen molar-refractivity contribution >= 4 is 27.4 Å². The molecule has 0 saturated carbocycles. The third-order valence-corrected chi connectivity index (χ3v) is 3.86. The van der Waals surface area contributed by atoms with Crippen LogP contribution in [-0.4, -0.2) is 15.1 Å². The number of fused-ring (bicyclic) bond motifs is 1. The smallest absolute Gasteiger partial charge is 0.180 e. The van der Waals surface area contributed by atoms with Gasteiger partial charge >= 0.3 is 0 Å². The monoisotopic (exact) mass is 271 g/mol. The van der Waals surface area contributed by atoms with E-state index in [-0.39, 0.29) is 0 Å². The van der Waals surface area contributed by atoms with Crippen molar-refractivity contribution in [2.75, 3.05) is 5.73 Å². The lowest BCUT2D eigenvalue weighted by atomic mass is 10.0. The van der Waals surface area contributed by atoms with Crippen molar-refractivity contribution in [2.24, 2.45) is 0 Å². The van der Waals surface area contributed by atoms with Crippen LogP contribution in [0.2, 0.25) is 0 Å². The molecule has 0 aliphatic carbocycles. The maximum Gasteiger partial charge on any atom is 0.180 e. The standard InChI is InChI=1S/C14H13N3OS/c1-8-6-10(9-4-2-3-5-11(9)17-8)13(18)12-7-16-14(15)19-12/h2-7,13,18H,1H3,(H2,15,16). The lowest BCUT2D eigenvalue weighted by Gasteiger charge is -2.12. The van der Waals surface area contributed by atoms with Crippen molar-refractivity contribution < 1.29 is 5.11 Å². The van der Waals surface area contributed by atoms with Crippen molar-refractivity contribution in [2.45, 2.75) is 13.0 Å². The van der Waals surface area contributed by atoms with E-state index in [2.05, 4.69) is 9.97 Å². The van der Waals surface area contributed by atoms with E-state index in [0.29, 0.717) is 5.13 Å². The molecule has 96 valence electrons. The Morgan fingerprint density at radius 3 is 2.84 bits per heavy atom. The van der Waals surface area contributed by atoms with E-state index in [4.69, 9.17) is 5.73 Å². The van der Waals surface area contributed by atoms with Gasteiger partial charge in [0.25, 0.3) is 0 Å². The largest absolute Gasteiger partial charge is 0.383 e. The molecule has 0 bridgehead atoms. The molecular weight excluding hydrogens is 258 g/mol. The predicted octanol–water partition coefficient (Wildman–Crippen LogP) is 2.66. The molecule has 3 rings (SSSR count). The molecule has 4 nitrogen and oxygen atoms in total. The molecule has 0 saturated heterocycles. The SMILES string of the molecule is Cc1cc(C(O)c2cnc(N)s2)c2ccccc2n1. The number of pyridine rings is 1. The van der Waals surface area contributed by atoms with Crippen LogP contribution in [0.4, 0.5) is 5.13 Å². The van der Waals surface area contributed by atoms with Crippen LogP contribution in [0.25, 0.3) is 10.9 Å². The third kappa shape index (κ3) is 2.18. The van der Waals surface area contributed by atoms with Gasteiger partial charge in [0.05, 0.1) is 10.4 Å². The first-order valence-electron chi connectivity index (χ1n) is 5.90. The fraction of sp³-hybridized carbons (Fsp3) is 0.143. The molecule has 0 aliphatic heterocycles. The molecule has 1 atom stereocenters. The molecule has 2 aromatic heterocycles. The first-order valence-corrected chi connectivity index (χ1v) is 6.72. The Bertz CT molecular complexity index is 738. The Balaban J connectivity index is 2.19. The minimum absolute atomic E-state index is 0.462. The lowest BCUT2D eigenvalue weighted by Crippen LogP contribution is -2.00. The van der Waals surface area contributed by atoms with E-state index < -0.39 is 6.10 Å². The van der Waals surface area contributed by atoms with Crippen LogP contribution in [0.5, 0.6) is 0 Å². The maximum absolute atomic E-state index is 10.5. The number of benzene rings is 1. The highest BCUT2D eigenvalue weighted by atomic mass is 32.1. The molecule has 3 aromatic rings. The van der Waals surface area contributed by atoms with Gasteiger partial charge in [0.15, 0.2) is 5.13 Å². The summed E-state index contributed by atoms with van der Waals surface area (Å²) in [6, 6.07) is 9.69. The topological polar surface area (TPSA) is 72.0 Å². The number of nitrogens with two attached hydrogens (primary N) is 1. The molecule has 0 aliphatic rings. The molecule has 0 fully saturated rings. The number of nitrogens with zero attached hydrogens (tertiary/aromatic N) is 2. The van der Waals surface area contributed by atoms with Gasteiger partial charge in [-0.3, -0.25) is 4.98 Å². The Kier molecular flexibility index (Phi) is 2.93. The Labute approximate surface area is 114 Å². The second-order valence-corrected chi connectivity index (χ2v) is 5.47. The third-order valence-electron chi connectivity index (χ3n) is 2.98. The lowest BCUT2D eigenvalue weighted by molar-refractivity contribution is 0.225. The highest BCUT2D eigenvalue weighted by Crippen LogP contribution is 2.32. The maximum atomic E-state index is 10.5. The highest BCUT2D eigenvalue weighted by Gasteiger charge is 2.17. The Morgan fingerprint density at radius 1 is 1.32 bits per heavy atom. The summed E-state index contributed by atoms with van der Waals surface area (Å²) in [6.45, 7) is 1.92. The fourth-order valence-electron chi connectivity index (χ4n) is 2.15. The van der Waals surface area contributed by atoms with Crippen molar-refractivity contribution in [3.05, 3.63) is 52.7 Å². The molecule has 0 amide bonds. The molecule has 1 unspecified atom stereocenters. The van der Waals surface area contributed by atoms with Gasteiger partial charge in [-0.2, -0.15) is 0 Å². The summed E-state index contributed by atoms with van der Waals surface area (Å²) < 4.78 is 0. The van der Waals surface area contributed by atoms with Crippen LogP contribution >= 0.6 is 11.3 Å². The molecule has 0 radical (unpaired) electrons. The molecule has 5 heteroatoms. The van der Waals surface area contributed by atoms with Crippen LogP contribution in [0.1, 0.15) is 22.2 Å². The highest BCUT2D eigenvalue weighted by molar-refractivity contribution is 7.15. The van der Waals surface area contributed by atoms with Gasteiger partial charge in [-0.05, 0) is 24.6 Å². The van der Waals surface area contributed by atoms with E-state index in [1.807, 2.05) is 37.3 Å². The Hall–Kier alpha value is -1.98. The van der Waals surface area contributed by atoms with Crippen LogP contribution in [-0.2, 0) is 0 Å². The number of para-hydroxylation sites is 1. The van der Waals surface area contributed by atoms with Gasteiger partial charge in [0.2, 0.25) is 0 Å². The quantitative estimate of drug-likeness (QED) is 0.751. The predicted molar refractivity (Wildman–Crippen MR) is 77.1 cm³/mol. The molecule has 1 aromatic carbocycles. The summed E-state index contributed by atoms with van der Waals surface area (Å²) in [5.74, 6) is 0. The number of aliphatic hydroxyl groups excluding tert-OH is 1. The summed E-state index contributed by atoms with van der Waals surface area (Å²) in [5, 5.41) is 11.9.